The standard InChI is InChI=1S/C8H7BrF6O2/c9-2-3(5(11)7(14)15)8(16,17)1-4(10)6(12)13/h3,16-17H,1-2H2. The molecule has 0 radical (unpaired) electrons. The highest BCUT2D eigenvalue weighted by atomic mass is 79.9. The largest absolute Gasteiger partial charge is 0.365 e. The molecule has 0 fully saturated rings. The Balaban J connectivity index is 5.15. The van der Waals surface area contributed by atoms with Gasteiger partial charge in [0.2, 0.25) is 0 Å². The van der Waals surface area contributed by atoms with Gasteiger partial charge >= 0.3 is 12.2 Å². The Morgan fingerprint density at radius 1 is 1.00 bits per heavy atom. The number of halogens is 7. The molecule has 0 aromatic carbocycles. The van der Waals surface area contributed by atoms with E-state index < -0.39 is 47.3 Å². The molecule has 9 heteroatoms. The van der Waals surface area contributed by atoms with Crippen molar-refractivity contribution < 1.29 is 36.6 Å². The van der Waals surface area contributed by atoms with Crippen LogP contribution in [0, 0.1) is 5.92 Å². The summed E-state index contributed by atoms with van der Waals surface area (Å²) in [5, 5.41) is 17.5. The fourth-order valence-electron chi connectivity index (χ4n) is 0.944. The van der Waals surface area contributed by atoms with Crippen LogP contribution in [0.1, 0.15) is 6.42 Å². The summed E-state index contributed by atoms with van der Waals surface area (Å²) >= 11 is 2.49. The summed E-state index contributed by atoms with van der Waals surface area (Å²) in [5.41, 5.74) is 0. The third-order valence-corrected chi connectivity index (χ3v) is 2.47. The lowest BCUT2D eigenvalue weighted by molar-refractivity contribution is -0.191. The average Bonchev–Trinajstić information content (AvgIpc) is 2.16. The molecule has 0 aliphatic carbocycles. The Morgan fingerprint density at radius 3 is 1.76 bits per heavy atom. The minimum Gasteiger partial charge on any atom is -0.365 e. The van der Waals surface area contributed by atoms with Crippen LogP contribution in [0.3, 0.4) is 0 Å². The van der Waals surface area contributed by atoms with E-state index in [1.165, 1.54) is 0 Å². The fraction of sp³-hybridized carbons (Fsp3) is 0.500. The van der Waals surface area contributed by atoms with Crippen molar-refractivity contribution in [3.8, 4) is 0 Å². The van der Waals surface area contributed by atoms with E-state index in [9.17, 15) is 26.3 Å². The van der Waals surface area contributed by atoms with Crippen molar-refractivity contribution in [3.05, 3.63) is 23.8 Å². The van der Waals surface area contributed by atoms with Crippen LogP contribution >= 0.6 is 15.9 Å². The van der Waals surface area contributed by atoms with Crippen molar-refractivity contribution in [1.29, 1.82) is 0 Å². The van der Waals surface area contributed by atoms with E-state index in [1.54, 1.807) is 0 Å². The van der Waals surface area contributed by atoms with Crippen LogP contribution in [0.25, 0.3) is 0 Å². The van der Waals surface area contributed by atoms with E-state index >= 15 is 0 Å². The maximum atomic E-state index is 12.8. The quantitative estimate of drug-likeness (QED) is 0.462. The molecule has 0 heterocycles. The summed E-state index contributed by atoms with van der Waals surface area (Å²) in [4.78, 5) is 0. The molecule has 0 amide bonds. The molecule has 0 bridgehead atoms. The summed E-state index contributed by atoms with van der Waals surface area (Å²) in [6.45, 7) is 0. The number of aliphatic hydroxyl groups is 2. The molecule has 0 aliphatic rings. The van der Waals surface area contributed by atoms with Gasteiger partial charge in [0.25, 0.3) is 0 Å². The molecule has 0 aromatic heterocycles. The zero-order chi connectivity index (χ0) is 13.8. The Kier molecular flexibility index (Phi) is 6.20. The molecular formula is C8H7BrF6O2. The molecule has 0 saturated carbocycles. The number of hydrogen-bond donors (Lipinski definition) is 2. The van der Waals surface area contributed by atoms with Gasteiger partial charge in [-0.15, -0.1) is 0 Å². The van der Waals surface area contributed by atoms with Gasteiger partial charge in [-0.25, -0.2) is 8.78 Å². The van der Waals surface area contributed by atoms with E-state index in [4.69, 9.17) is 10.2 Å². The fourth-order valence-corrected chi connectivity index (χ4v) is 1.75. The molecule has 2 nitrogen and oxygen atoms in total. The second kappa shape index (κ2) is 6.41. The van der Waals surface area contributed by atoms with Crippen LogP contribution in [0.5, 0.6) is 0 Å². The van der Waals surface area contributed by atoms with Crippen LogP contribution in [-0.4, -0.2) is 21.3 Å². The van der Waals surface area contributed by atoms with E-state index in [0.717, 1.165) is 0 Å². The topological polar surface area (TPSA) is 40.5 Å². The lowest BCUT2D eigenvalue weighted by Crippen LogP contribution is -2.39. The molecule has 1 unspecified atom stereocenters. The first-order valence-corrected chi connectivity index (χ1v) is 5.16. The normalized spacial score (nSPS) is 13.2. The highest BCUT2D eigenvalue weighted by Gasteiger charge is 2.40. The SMILES string of the molecule is OC(O)(CC(F)=C(F)F)C(CBr)C(F)=C(F)F. The van der Waals surface area contributed by atoms with Crippen LogP contribution < -0.4 is 0 Å². The van der Waals surface area contributed by atoms with Crippen molar-refractivity contribution in [1.82, 2.24) is 0 Å². The van der Waals surface area contributed by atoms with E-state index in [0.29, 0.717) is 0 Å². The van der Waals surface area contributed by atoms with Gasteiger partial charge in [0.1, 0.15) is 0 Å². The molecule has 0 rings (SSSR count). The Hall–Kier alpha value is -0.540. The molecular weight excluding hydrogens is 322 g/mol. The van der Waals surface area contributed by atoms with Crippen molar-refractivity contribution in [2.24, 2.45) is 5.92 Å². The molecule has 1 atom stereocenters. The van der Waals surface area contributed by atoms with Gasteiger partial charge in [0, 0.05) is 5.33 Å². The summed E-state index contributed by atoms with van der Waals surface area (Å²) in [6, 6.07) is 0. The maximum Gasteiger partial charge on any atom is 0.302 e. The second-order valence-corrected chi connectivity index (χ2v) is 3.68. The summed E-state index contributed by atoms with van der Waals surface area (Å²) in [6.07, 6.45) is -7.38. The third-order valence-electron chi connectivity index (χ3n) is 1.82. The van der Waals surface area contributed by atoms with Gasteiger partial charge in [0.05, 0.1) is 12.3 Å². The number of alkyl halides is 1. The zero-order valence-electron chi connectivity index (χ0n) is 8.03. The first kappa shape index (κ1) is 16.5. The molecule has 17 heavy (non-hydrogen) atoms. The maximum absolute atomic E-state index is 12.8. The summed E-state index contributed by atoms with van der Waals surface area (Å²) in [7, 11) is 0. The van der Waals surface area contributed by atoms with Crippen LogP contribution in [-0.2, 0) is 0 Å². The summed E-state index contributed by atoms with van der Waals surface area (Å²) < 4.78 is 72.4. The molecule has 0 spiro atoms. The summed E-state index contributed by atoms with van der Waals surface area (Å²) in [5.74, 6) is -10.1. The van der Waals surface area contributed by atoms with Gasteiger partial charge in [-0.3, -0.25) is 0 Å². The van der Waals surface area contributed by atoms with Crippen LogP contribution in [0.4, 0.5) is 26.3 Å². The Labute approximate surface area is 100 Å². The molecule has 2 N–H and O–H groups in total. The lowest BCUT2D eigenvalue weighted by Gasteiger charge is -2.27. The van der Waals surface area contributed by atoms with Gasteiger partial charge in [-0.1, -0.05) is 15.9 Å². The van der Waals surface area contributed by atoms with Crippen molar-refractivity contribution in [2.75, 3.05) is 5.33 Å². The highest BCUT2D eigenvalue weighted by molar-refractivity contribution is 9.09. The zero-order valence-corrected chi connectivity index (χ0v) is 9.62. The van der Waals surface area contributed by atoms with Crippen LogP contribution in [0.2, 0.25) is 0 Å². The molecule has 100 valence electrons. The van der Waals surface area contributed by atoms with E-state index in [-0.39, 0.29) is 0 Å². The van der Waals surface area contributed by atoms with E-state index in [2.05, 4.69) is 15.9 Å². The van der Waals surface area contributed by atoms with Gasteiger partial charge in [-0.05, 0) is 0 Å². The monoisotopic (exact) mass is 328 g/mol. The van der Waals surface area contributed by atoms with Crippen molar-refractivity contribution in [2.45, 2.75) is 12.2 Å². The van der Waals surface area contributed by atoms with Gasteiger partial charge in [0.15, 0.2) is 17.4 Å². The Morgan fingerprint density at radius 2 is 1.47 bits per heavy atom. The predicted molar refractivity (Wildman–Crippen MR) is 49.8 cm³/mol. The third kappa shape index (κ3) is 4.68. The number of hydrogen-bond acceptors (Lipinski definition) is 2. The minimum absolute atomic E-state index is 0.718. The molecule has 0 aromatic rings. The van der Waals surface area contributed by atoms with Crippen molar-refractivity contribution in [3.63, 3.8) is 0 Å². The van der Waals surface area contributed by atoms with E-state index in [1.807, 2.05) is 0 Å². The second-order valence-electron chi connectivity index (χ2n) is 3.04. The molecule has 0 saturated heterocycles. The molecule has 0 aliphatic heterocycles. The minimum atomic E-state index is -3.40. The highest BCUT2D eigenvalue weighted by Crippen LogP contribution is 2.34. The average molecular weight is 329 g/mol. The lowest BCUT2D eigenvalue weighted by atomic mass is 9.96. The first-order valence-electron chi connectivity index (χ1n) is 4.04. The number of rotatable bonds is 5. The predicted octanol–water partition coefficient (Wildman–Crippen LogP) is 3.22. The van der Waals surface area contributed by atoms with Gasteiger partial charge in [-0.2, -0.15) is 17.6 Å². The van der Waals surface area contributed by atoms with Crippen molar-refractivity contribution >= 4 is 15.9 Å². The Bertz CT molecular complexity index is 333. The van der Waals surface area contributed by atoms with Gasteiger partial charge < -0.3 is 10.2 Å². The smallest absolute Gasteiger partial charge is 0.302 e. The first-order chi connectivity index (χ1) is 7.63. The van der Waals surface area contributed by atoms with Crippen LogP contribution in [0.15, 0.2) is 23.8 Å².